The summed E-state index contributed by atoms with van der Waals surface area (Å²) in [5.41, 5.74) is 27.9. The first-order valence-corrected chi connectivity index (χ1v) is 30.1. The smallest absolute Gasteiger partial charge is 0.252 e. The molecule has 88 heavy (non-hydrogen) atoms. The number of aromatic nitrogens is 2. The van der Waals surface area contributed by atoms with Crippen LogP contribution in [0.2, 0.25) is 0 Å². The Morgan fingerprint density at radius 2 is 0.727 bits per heavy atom. The van der Waals surface area contributed by atoms with Crippen molar-refractivity contribution < 1.29 is 0 Å². The van der Waals surface area contributed by atoms with Gasteiger partial charge in [-0.25, -0.2) is 9.97 Å². The molecular weight excluding hydrogens is 1060 g/mol. The number of nitrogens with zero attached hydrogens (tertiary/aromatic N) is 4. The predicted octanol–water partition coefficient (Wildman–Crippen LogP) is 19.7. The van der Waals surface area contributed by atoms with Crippen molar-refractivity contribution in [2.45, 2.75) is 6.92 Å². The van der Waals surface area contributed by atoms with E-state index in [-0.39, 0.29) is 6.71 Å². The van der Waals surface area contributed by atoms with E-state index in [0.29, 0.717) is 5.82 Å². The average molecular weight is 1120 g/mol. The predicted molar refractivity (Wildman–Crippen MR) is 372 cm³/mol. The van der Waals surface area contributed by atoms with Gasteiger partial charge in [0, 0.05) is 50.8 Å². The van der Waals surface area contributed by atoms with Gasteiger partial charge in [-0.1, -0.05) is 243 Å². The largest absolute Gasteiger partial charge is 0.311 e. The molecule has 0 atom stereocenters. The Hall–Kier alpha value is -11.4. The van der Waals surface area contributed by atoms with E-state index >= 15 is 0 Å². The fourth-order valence-corrected chi connectivity index (χ4v) is 12.9. The molecule has 4 nitrogen and oxygen atoms in total. The molecule has 2 aliphatic heterocycles. The van der Waals surface area contributed by atoms with Gasteiger partial charge in [0.2, 0.25) is 0 Å². The first-order chi connectivity index (χ1) is 43.5. The summed E-state index contributed by atoms with van der Waals surface area (Å²) in [6.45, 7) is 6.62. The number of anilines is 5. The second-order valence-electron chi connectivity index (χ2n) is 22.6. The fraction of sp³-hybridized carbons (Fsp3) is 0.0120. The van der Waals surface area contributed by atoms with Gasteiger partial charge >= 0.3 is 0 Å². The first-order valence-electron chi connectivity index (χ1n) is 30.1. The molecule has 12 aromatic carbocycles. The van der Waals surface area contributed by atoms with Crippen LogP contribution < -0.4 is 26.2 Å². The molecule has 2 aliphatic rings. The van der Waals surface area contributed by atoms with Crippen molar-refractivity contribution in [3.63, 3.8) is 0 Å². The zero-order chi connectivity index (χ0) is 58.9. The average Bonchev–Trinajstić information content (AvgIpc) is 0.749. The Morgan fingerprint density at radius 3 is 1.20 bits per heavy atom. The lowest BCUT2D eigenvalue weighted by Crippen LogP contribution is -2.61. The van der Waals surface area contributed by atoms with Crippen molar-refractivity contribution in [1.29, 1.82) is 0 Å². The molecule has 13 aromatic rings. The Bertz CT molecular complexity index is 4530. The van der Waals surface area contributed by atoms with Crippen LogP contribution in [0.3, 0.4) is 0 Å². The van der Waals surface area contributed by atoms with E-state index in [0.717, 1.165) is 123 Å². The summed E-state index contributed by atoms with van der Waals surface area (Å²) >= 11 is 0. The molecule has 1 aromatic heterocycles. The minimum absolute atomic E-state index is 0.104. The lowest BCUT2D eigenvalue weighted by molar-refractivity contribution is 1.17. The number of allylic oxidation sites excluding steroid dienone is 4. The molecule has 0 saturated carbocycles. The highest BCUT2D eigenvalue weighted by Crippen LogP contribution is 2.46. The summed E-state index contributed by atoms with van der Waals surface area (Å²) in [6, 6.07) is 111. The topological polar surface area (TPSA) is 32.3 Å². The third kappa shape index (κ3) is 10.1. The monoisotopic (exact) mass is 1120 g/mol. The maximum absolute atomic E-state index is 5.81. The molecule has 0 fully saturated rings. The van der Waals surface area contributed by atoms with E-state index in [1.165, 1.54) is 22.0 Å². The molecule has 0 spiro atoms. The van der Waals surface area contributed by atoms with Gasteiger partial charge in [0.15, 0.2) is 5.82 Å². The maximum Gasteiger partial charge on any atom is 0.252 e. The van der Waals surface area contributed by atoms with Gasteiger partial charge in [-0.05, 0) is 181 Å². The van der Waals surface area contributed by atoms with Gasteiger partial charge in [-0.2, -0.15) is 0 Å². The van der Waals surface area contributed by atoms with E-state index in [1.54, 1.807) is 0 Å². The molecular formula is C83H59BN4. The molecule has 0 amide bonds. The molecule has 0 bridgehead atoms. The summed E-state index contributed by atoms with van der Waals surface area (Å²) in [5.74, 6) is 0.599. The zero-order valence-electron chi connectivity index (χ0n) is 48.8. The standard InChI is InChI=1S/C83H59BN4/c1-3-72(45-42-57(2)58-26-10-4-11-27-58)87-78-40-24-22-38-74(78)84-75-39-23-25-41-79(75)88(73-46-43-64(44-47-73)59-28-12-5-13-29-59)81-55-71(54-80(87)82(81)84)83-85-76(69-50-65(60-30-14-6-15-31-60)48-66(51-69)61-32-16-7-17-33-61)56-77(86-83)70-52-67(62-34-18-8-19-35-62)49-68(53-70)63-36-20-9-21-37-63/h3-56H,1H2,2H3/b57-42+,72-45+. The van der Waals surface area contributed by atoms with Crippen LogP contribution in [-0.4, -0.2) is 16.7 Å². The fourth-order valence-electron chi connectivity index (χ4n) is 12.9. The van der Waals surface area contributed by atoms with Crippen LogP contribution in [-0.2, 0) is 0 Å². The van der Waals surface area contributed by atoms with E-state index in [1.807, 2.05) is 6.08 Å². The van der Waals surface area contributed by atoms with Crippen molar-refractivity contribution in [2.75, 3.05) is 9.80 Å². The third-order valence-electron chi connectivity index (χ3n) is 17.2. The highest BCUT2D eigenvalue weighted by Gasteiger charge is 2.43. The number of fused-ring (bicyclic) bond motifs is 4. The van der Waals surface area contributed by atoms with Gasteiger partial charge in [-0.3, -0.25) is 0 Å². The van der Waals surface area contributed by atoms with Crippen molar-refractivity contribution in [3.8, 4) is 89.5 Å². The number of hydrogen-bond donors (Lipinski definition) is 0. The van der Waals surface area contributed by atoms with E-state index in [4.69, 9.17) is 9.97 Å². The summed E-state index contributed by atoms with van der Waals surface area (Å²) in [7, 11) is 0. The van der Waals surface area contributed by atoms with E-state index < -0.39 is 0 Å². The normalized spacial score (nSPS) is 12.5. The van der Waals surface area contributed by atoms with E-state index in [9.17, 15) is 0 Å². The summed E-state index contributed by atoms with van der Waals surface area (Å²) in [5, 5.41) is 0. The highest BCUT2D eigenvalue weighted by atomic mass is 15.2. The molecule has 0 N–H and O–H groups in total. The molecule has 0 aliphatic carbocycles. The third-order valence-corrected chi connectivity index (χ3v) is 17.2. The van der Waals surface area contributed by atoms with Crippen LogP contribution in [0.1, 0.15) is 12.5 Å². The lowest BCUT2D eigenvalue weighted by Gasteiger charge is -2.44. The SMILES string of the molecule is C=C/C(=C\C=C(/C)c1ccccc1)N1c2ccccc2B2c3ccccc3N(c3ccc(-c4ccccc4)cc3)c3cc(-c4nc(-c5cc(-c6ccccc6)cc(-c6ccccc6)c5)cc(-c5cc(-c6ccccc6)cc(-c6ccccc6)c5)n4)cc1c32. The van der Waals surface area contributed by atoms with Gasteiger partial charge in [0.05, 0.1) is 11.4 Å². The molecule has 0 radical (unpaired) electrons. The number of benzene rings is 12. The summed E-state index contributed by atoms with van der Waals surface area (Å²) < 4.78 is 0. The number of para-hydroxylation sites is 2. The van der Waals surface area contributed by atoms with Crippen molar-refractivity contribution >= 4 is 57.1 Å². The molecule has 414 valence electrons. The Balaban J connectivity index is 1.02. The quantitative estimate of drug-likeness (QED) is 0.0851. The van der Waals surface area contributed by atoms with Crippen LogP contribution in [0.5, 0.6) is 0 Å². The molecule has 5 heteroatoms. The van der Waals surface area contributed by atoms with Crippen LogP contribution >= 0.6 is 0 Å². The number of hydrogen-bond acceptors (Lipinski definition) is 4. The Morgan fingerprint density at radius 1 is 0.341 bits per heavy atom. The van der Waals surface area contributed by atoms with Crippen molar-refractivity contribution in [2.24, 2.45) is 0 Å². The van der Waals surface area contributed by atoms with Gasteiger partial charge in [-0.15, -0.1) is 0 Å². The Labute approximate surface area is 515 Å². The van der Waals surface area contributed by atoms with Crippen LogP contribution in [0.25, 0.3) is 95.1 Å². The first kappa shape index (κ1) is 53.3. The molecule has 15 rings (SSSR count). The highest BCUT2D eigenvalue weighted by molar-refractivity contribution is 7.00. The van der Waals surface area contributed by atoms with E-state index in [2.05, 4.69) is 345 Å². The molecule has 3 heterocycles. The van der Waals surface area contributed by atoms with Crippen molar-refractivity contribution in [3.05, 3.63) is 345 Å². The lowest BCUT2D eigenvalue weighted by atomic mass is 9.33. The second-order valence-corrected chi connectivity index (χ2v) is 22.6. The van der Waals surface area contributed by atoms with Crippen LogP contribution in [0.15, 0.2) is 340 Å². The number of rotatable bonds is 13. The van der Waals surface area contributed by atoms with Gasteiger partial charge in [0.25, 0.3) is 6.71 Å². The second kappa shape index (κ2) is 23.2. The van der Waals surface area contributed by atoms with Gasteiger partial charge < -0.3 is 9.80 Å². The van der Waals surface area contributed by atoms with Crippen LogP contribution in [0.4, 0.5) is 28.4 Å². The minimum Gasteiger partial charge on any atom is -0.311 e. The Kier molecular flexibility index (Phi) is 14.1. The summed E-state index contributed by atoms with van der Waals surface area (Å²) in [6.07, 6.45) is 6.42. The zero-order valence-corrected chi connectivity index (χ0v) is 48.8. The summed E-state index contributed by atoms with van der Waals surface area (Å²) in [4.78, 5) is 16.5. The van der Waals surface area contributed by atoms with Crippen molar-refractivity contribution in [1.82, 2.24) is 9.97 Å². The maximum atomic E-state index is 5.81. The minimum atomic E-state index is -0.104. The molecule has 0 unspecified atom stereocenters. The van der Waals surface area contributed by atoms with Crippen LogP contribution in [0, 0.1) is 0 Å². The molecule has 0 saturated heterocycles. The van der Waals surface area contributed by atoms with Gasteiger partial charge in [0.1, 0.15) is 0 Å².